The van der Waals surface area contributed by atoms with Crippen LogP contribution >= 0.6 is 0 Å². The number of methoxy groups -OCH3 is 1. The molecule has 0 radical (unpaired) electrons. The van der Waals surface area contributed by atoms with Crippen LogP contribution in [0.1, 0.15) is 21.7 Å². The van der Waals surface area contributed by atoms with Crippen LogP contribution in [0, 0.1) is 0 Å². The number of ether oxygens (including phenoxy) is 1. The van der Waals surface area contributed by atoms with Gasteiger partial charge in [0.1, 0.15) is 12.3 Å². The van der Waals surface area contributed by atoms with Gasteiger partial charge >= 0.3 is 0 Å². The molecule has 0 unspecified atom stereocenters. The van der Waals surface area contributed by atoms with E-state index in [1.54, 1.807) is 9.80 Å². The summed E-state index contributed by atoms with van der Waals surface area (Å²) in [7, 11) is 1.51. The summed E-state index contributed by atoms with van der Waals surface area (Å²) >= 11 is 0. The van der Waals surface area contributed by atoms with Gasteiger partial charge in [-0.15, -0.1) is 0 Å². The van der Waals surface area contributed by atoms with Crippen molar-refractivity contribution in [3.8, 4) is 0 Å². The number of nitrogens with one attached hydrogen (secondary N) is 1. The third-order valence-corrected chi connectivity index (χ3v) is 4.40. The van der Waals surface area contributed by atoms with Crippen molar-refractivity contribution in [2.45, 2.75) is 6.42 Å². The molecule has 6 heteroatoms. The highest BCUT2D eigenvalue weighted by atomic mass is 16.5. The zero-order valence-electron chi connectivity index (χ0n) is 14.4. The molecule has 3 rings (SSSR count). The molecule has 1 aliphatic heterocycles. The van der Waals surface area contributed by atoms with Crippen LogP contribution in [-0.4, -0.2) is 66.5 Å². The SMILES string of the molecule is COCC(=O)N1CCN(C(=O)c2ccc(Cc3ccccc3)[nH]2)CC1. The molecule has 0 bridgehead atoms. The van der Waals surface area contributed by atoms with E-state index in [0.29, 0.717) is 31.9 Å². The van der Waals surface area contributed by atoms with Gasteiger partial charge in [-0.05, 0) is 17.7 Å². The second-order valence-electron chi connectivity index (χ2n) is 6.17. The van der Waals surface area contributed by atoms with Gasteiger partial charge in [0.2, 0.25) is 5.91 Å². The second-order valence-corrected chi connectivity index (χ2v) is 6.17. The summed E-state index contributed by atoms with van der Waals surface area (Å²) in [6, 6.07) is 13.9. The van der Waals surface area contributed by atoms with Crippen LogP contribution in [-0.2, 0) is 16.0 Å². The van der Waals surface area contributed by atoms with Crippen molar-refractivity contribution in [1.82, 2.24) is 14.8 Å². The molecule has 2 amide bonds. The van der Waals surface area contributed by atoms with Gasteiger partial charge in [0.05, 0.1) is 0 Å². The lowest BCUT2D eigenvalue weighted by atomic mass is 10.1. The number of rotatable bonds is 5. The van der Waals surface area contributed by atoms with Gasteiger partial charge in [0.25, 0.3) is 5.91 Å². The molecule has 1 fully saturated rings. The zero-order chi connectivity index (χ0) is 17.6. The Morgan fingerprint density at radius 3 is 2.36 bits per heavy atom. The third-order valence-electron chi connectivity index (χ3n) is 4.40. The fourth-order valence-corrected chi connectivity index (χ4v) is 3.03. The molecule has 1 N–H and O–H groups in total. The van der Waals surface area contributed by atoms with Gasteiger partial charge in [-0.1, -0.05) is 30.3 Å². The largest absolute Gasteiger partial charge is 0.375 e. The third kappa shape index (κ3) is 4.28. The van der Waals surface area contributed by atoms with E-state index in [-0.39, 0.29) is 18.4 Å². The lowest BCUT2D eigenvalue weighted by molar-refractivity contribution is -0.136. The number of aromatic nitrogens is 1. The van der Waals surface area contributed by atoms with E-state index in [0.717, 1.165) is 12.1 Å². The molecule has 2 aromatic rings. The van der Waals surface area contributed by atoms with E-state index in [1.807, 2.05) is 30.3 Å². The summed E-state index contributed by atoms with van der Waals surface area (Å²) < 4.78 is 4.88. The van der Waals surface area contributed by atoms with Crippen LogP contribution in [0.15, 0.2) is 42.5 Å². The Morgan fingerprint density at radius 1 is 1.00 bits per heavy atom. The van der Waals surface area contributed by atoms with E-state index in [2.05, 4.69) is 17.1 Å². The Hall–Kier alpha value is -2.60. The fourth-order valence-electron chi connectivity index (χ4n) is 3.03. The average molecular weight is 341 g/mol. The molecular weight excluding hydrogens is 318 g/mol. The first-order chi connectivity index (χ1) is 12.2. The number of carbonyl (C=O) groups excluding carboxylic acids is 2. The predicted molar refractivity (Wildman–Crippen MR) is 94.4 cm³/mol. The van der Waals surface area contributed by atoms with Crippen molar-refractivity contribution in [2.75, 3.05) is 39.9 Å². The normalized spacial score (nSPS) is 14.6. The van der Waals surface area contributed by atoms with Crippen molar-refractivity contribution in [1.29, 1.82) is 0 Å². The molecule has 1 aliphatic rings. The highest BCUT2D eigenvalue weighted by Gasteiger charge is 2.25. The maximum absolute atomic E-state index is 12.6. The fraction of sp³-hybridized carbons (Fsp3) is 0.368. The van der Waals surface area contributed by atoms with Crippen LogP contribution in [0.4, 0.5) is 0 Å². The minimum atomic E-state index is -0.0281. The lowest BCUT2D eigenvalue weighted by Crippen LogP contribution is -2.51. The molecule has 1 aromatic heterocycles. The van der Waals surface area contributed by atoms with Crippen LogP contribution in [0.3, 0.4) is 0 Å². The molecular formula is C19H23N3O3. The molecule has 2 heterocycles. The highest BCUT2D eigenvalue weighted by molar-refractivity contribution is 5.92. The van der Waals surface area contributed by atoms with Crippen molar-refractivity contribution >= 4 is 11.8 Å². The molecule has 132 valence electrons. The van der Waals surface area contributed by atoms with Gasteiger partial charge in [-0.25, -0.2) is 0 Å². The Morgan fingerprint density at radius 2 is 1.68 bits per heavy atom. The summed E-state index contributed by atoms with van der Waals surface area (Å²) in [6.07, 6.45) is 0.771. The quantitative estimate of drug-likeness (QED) is 0.897. The van der Waals surface area contributed by atoms with Crippen LogP contribution in [0.25, 0.3) is 0 Å². The molecule has 1 aromatic carbocycles. The Kier molecular flexibility index (Phi) is 5.50. The lowest BCUT2D eigenvalue weighted by Gasteiger charge is -2.34. The maximum Gasteiger partial charge on any atom is 0.270 e. The van der Waals surface area contributed by atoms with Crippen molar-refractivity contribution < 1.29 is 14.3 Å². The minimum Gasteiger partial charge on any atom is -0.375 e. The van der Waals surface area contributed by atoms with E-state index in [1.165, 1.54) is 12.7 Å². The number of amides is 2. The highest BCUT2D eigenvalue weighted by Crippen LogP contribution is 2.12. The Balaban J connectivity index is 1.56. The number of hydrogen-bond donors (Lipinski definition) is 1. The van der Waals surface area contributed by atoms with Gasteiger partial charge in [-0.2, -0.15) is 0 Å². The summed E-state index contributed by atoms with van der Waals surface area (Å²) in [5.74, 6) is -0.0437. The molecule has 25 heavy (non-hydrogen) atoms. The van der Waals surface area contributed by atoms with Crippen LogP contribution in [0.5, 0.6) is 0 Å². The summed E-state index contributed by atoms with van der Waals surface area (Å²) in [6.45, 7) is 2.27. The second kappa shape index (κ2) is 7.98. The predicted octanol–water partition coefficient (Wildman–Crippen LogP) is 1.54. The standard InChI is InChI=1S/C19H23N3O3/c1-25-14-18(23)21-9-11-22(12-10-21)19(24)17-8-7-16(20-17)13-15-5-3-2-4-6-15/h2-8,20H,9-14H2,1H3. The number of carbonyl (C=O) groups is 2. The van der Waals surface area contributed by atoms with Crippen molar-refractivity contribution in [3.63, 3.8) is 0 Å². The Bertz CT molecular complexity index is 719. The van der Waals surface area contributed by atoms with E-state index >= 15 is 0 Å². The monoisotopic (exact) mass is 341 g/mol. The molecule has 0 spiro atoms. The average Bonchev–Trinajstić information content (AvgIpc) is 3.11. The number of H-pyrrole nitrogens is 1. The minimum absolute atomic E-state index is 0.0156. The van der Waals surface area contributed by atoms with Crippen molar-refractivity contribution in [2.24, 2.45) is 0 Å². The topological polar surface area (TPSA) is 65.6 Å². The summed E-state index contributed by atoms with van der Waals surface area (Å²) in [5, 5.41) is 0. The molecule has 6 nitrogen and oxygen atoms in total. The first-order valence-corrected chi connectivity index (χ1v) is 8.45. The van der Waals surface area contributed by atoms with E-state index in [9.17, 15) is 9.59 Å². The number of nitrogens with zero attached hydrogens (tertiary/aromatic N) is 2. The van der Waals surface area contributed by atoms with Crippen LogP contribution < -0.4 is 0 Å². The van der Waals surface area contributed by atoms with E-state index in [4.69, 9.17) is 4.74 Å². The van der Waals surface area contributed by atoms with Gasteiger partial charge in [-0.3, -0.25) is 9.59 Å². The molecule has 0 saturated carbocycles. The smallest absolute Gasteiger partial charge is 0.270 e. The van der Waals surface area contributed by atoms with Gasteiger partial charge in [0.15, 0.2) is 0 Å². The van der Waals surface area contributed by atoms with Crippen LogP contribution in [0.2, 0.25) is 0 Å². The summed E-state index contributed by atoms with van der Waals surface area (Å²) in [4.78, 5) is 31.2. The van der Waals surface area contributed by atoms with Gasteiger partial charge in [0, 0.05) is 45.4 Å². The number of aromatic amines is 1. The number of benzene rings is 1. The van der Waals surface area contributed by atoms with Crippen molar-refractivity contribution in [3.05, 3.63) is 59.4 Å². The molecule has 0 atom stereocenters. The number of hydrogen-bond acceptors (Lipinski definition) is 3. The summed E-state index contributed by atoms with van der Waals surface area (Å²) in [5.41, 5.74) is 2.82. The molecule has 0 aliphatic carbocycles. The zero-order valence-corrected chi connectivity index (χ0v) is 14.4. The number of piperazine rings is 1. The first kappa shape index (κ1) is 17.2. The maximum atomic E-state index is 12.6. The Labute approximate surface area is 147 Å². The van der Waals surface area contributed by atoms with E-state index < -0.39 is 0 Å². The first-order valence-electron chi connectivity index (χ1n) is 8.45. The molecule has 1 saturated heterocycles. The van der Waals surface area contributed by atoms with Gasteiger partial charge < -0.3 is 19.5 Å².